The van der Waals surface area contributed by atoms with Crippen molar-refractivity contribution in [3.8, 4) is 11.5 Å². The smallest absolute Gasteiger partial charge is 0.314 e. The molecule has 2 aromatic carbocycles. The van der Waals surface area contributed by atoms with Gasteiger partial charge in [0.15, 0.2) is 0 Å². The van der Waals surface area contributed by atoms with E-state index in [2.05, 4.69) is 6.92 Å². The maximum absolute atomic E-state index is 12.5. The first kappa shape index (κ1) is 20.9. The molecule has 0 amide bonds. The molecule has 5 nitrogen and oxygen atoms in total. The van der Waals surface area contributed by atoms with Gasteiger partial charge >= 0.3 is 11.9 Å². The van der Waals surface area contributed by atoms with Crippen LogP contribution in [0.4, 0.5) is 5.69 Å². The van der Waals surface area contributed by atoms with E-state index in [0.717, 1.165) is 19.3 Å². The number of esters is 2. The van der Waals surface area contributed by atoms with Gasteiger partial charge in [-0.25, -0.2) is 0 Å². The lowest BCUT2D eigenvalue weighted by Gasteiger charge is -2.25. The van der Waals surface area contributed by atoms with Crippen LogP contribution in [-0.4, -0.2) is 11.9 Å². The maximum atomic E-state index is 12.5. The van der Waals surface area contributed by atoms with E-state index in [9.17, 15) is 9.59 Å². The van der Waals surface area contributed by atoms with Gasteiger partial charge in [0, 0.05) is 5.69 Å². The fourth-order valence-corrected chi connectivity index (χ4v) is 3.60. The molecule has 154 valence electrons. The number of carbonyl (C=O) groups excluding carboxylic acids is 2. The monoisotopic (exact) mass is 395 g/mol. The highest BCUT2D eigenvalue weighted by Crippen LogP contribution is 2.31. The molecule has 0 saturated heterocycles. The Morgan fingerprint density at radius 3 is 1.72 bits per heavy atom. The summed E-state index contributed by atoms with van der Waals surface area (Å²) in [5, 5.41) is 0. The molecule has 0 spiro atoms. The van der Waals surface area contributed by atoms with Crippen molar-refractivity contribution in [3.05, 3.63) is 54.1 Å². The predicted molar refractivity (Wildman–Crippen MR) is 113 cm³/mol. The van der Waals surface area contributed by atoms with Crippen LogP contribution in [0.3, 0.4) is 0 Å². The molecule has 2 N–H and O–H groups in total. The average Bonchev–Trinajstić information content (AvgIpc) is 2.75. The van der Waals surface area contributed by atoms with Crippen LogP contribution >= 0.6 is 0 Å². The van der Waals surface area contributed by atoms with Crippen molar-refractivity contribution < 1.29 is 19.1 Å². The minimum atomic E-state index is -0.246. The summed E-state index contributed by atoms with van der Waals surface area (Å²) in [7, 11) is 0. The van der Waals surface area contributed by atoms with Gasteiger partial charge in [0.2, 0.25) is 0 Å². The third kappa shape index (κ3) is 6.08. The Kier molecular flexibility index (Phi) is 7.28. The normalized spacial score (nSPS) is 18.8. The molecule has 1 fully saturated rings. The lowest BCUT2D eigenvalue weighted by molar-refractivity contribution is -0.145. The molecule has 0 heterocycles. The SMILES string of the molecule is CCCCc1ccc(OC(=O)C2CCC(C(=O)Oc3ccc(N)cc3)CC2)cc1. The average molecular weight is 395 g/mol. The molecule has 1 saturated carbocycles. The third-order valence-electron chi connectivity index (χ3n) is 5.45. The summed E-state index contributed by atoms with van der Waals surface area (Å²) in [6, 6.07) is 14.5. The van der Waals surface area contributed by atoms with Crippen molar-refractivity contribution in [3.63, 3.8) is 0 Å². The van der Waals surface area contributed by atoms with Crippen LogP contribution in [0, 0.1) is 11.8 Å². The zero-order chi connectivity index (χ0) is 20.6. The van der Waals surface area contributed by atoms with Gasteiger partial charge in [-0.15, -0.1) is 0 Å². The van der Waals surface area contributed by atoms with E-state index in [4.69, 9.17) is 15.2 Å². The number of unbranched alkanes of at least 4 members (excludes halogenated alkanes) is 1. The zero-order valence-electron chi connectivity index (χ0n) is 16.9. The van der Waals surface area contributed by atoms with Gasteiger partial charge in [-0.3, -0.25) is 9.59 Å². The molecule has 2 aromatic rings. The Hall–Kier alpha value is -2.82. The Balaban J connectivity index is 1.45. The number of benzene rings is 2. The van der Waals surface area contributed by atoms with Crippen molar-refractivity contribution in [1.29, 1.82) is 0 Å². The second-order valence-corrected chi connectivity index (χ2v) is 7.71. The second-order valence-electron chi connectivity index (χ2n) is 7.71. The largest absolute Gasteiger partial charge is 0.426 e. The molecule has 1 aliphatic carbocycles. The fraction of sp³-hybridized carbons (Fsp3) is 0.417. The van der Waals surface area contributed by atoms with E-state index in [-0.39, 0.29) is 23.8 Å². The summed E-state index contributed by atoms with van der Waals surface area (Å²) < 4.78 is 11.0. The van der Waals surface area contributed by atoms with E-state index in [1.54, 1.807) is 24.3 Å². The molecule has 3 rings (SSSR count). The molecule has 1 aliphatic rings. The van der Waals surface area contributed by atoms with Crippen molar-refractivity contribution in [2.24, 2.45) is 11.8 Å². The lowest BCUT2D eigenvalue weighted by Crippen LogP contribution is -2.30. The standard InChI is InChI=1S/C24H29NO4/c1-2-3-4-17-5-13-21(14-6-17)28-23(26)18-7-9-19(10-8-18)24(27)29-22-15-11-20(25)12-16-22/h5-6,11-16,18-19H,2-4,7-10,25H2,1H3. The fourth-order valence-electron chi connectivity index (χ4n) is 3.60. The van der Waals surface area contributed by atoms with Gasteiger partial charge in [-0.2, -0.15) is 0 Å². The van der Waals surface area contributed by atoms with Crippen LogP contribution in [0.25, 0.3) is 0 Å². The van der Waals surface area contributed by atoms with Crippen LogP contribution in [0.15, 0.2) is 48.5 Å². The number of aryl methyl sites for hydroxylation is 1. The van der Waals surface area contributed by atoms with Crippen molar-refractivity contribution in [1.82, 2.24) is 0 Å². The first-order chi connectivity index (χ1) is 14.0. The number of carbonyl (C=O) groups is 2. The summed E-state index contributed by atoms with van der Waals surface area (Å²) in [5.74, 6) is 0.263. The van der Waals surface area contributed by atoms with Crippen LogP contribution in [-0.2, 0) is 16.0 Å². The van der Waals surface area contributed by atoms with E-state index in [1.807, 2.05) is 24.3 Å². The highest BCUT2D eigenvalue weighted by molar-refractivity contribution is 5.77. The van der Waals surface area contributed by atoms with Gasteiger partial charge in [-0.1, -0.05) is 25.5 Å². The predicted octanol–water partition coefficient (Wildman–Crippen LogP) is 4.93. The van der Waals surface area contributed by atoms with Crippen molar-refractivity contribution in [2.75, 3.05) is 5.73 Å². The van der Waals surface area contributed by atoms with Crippen LogP contribution < -0.4 is 15.2 Å². The van der Waals surface area contributed by atoms with Crippen LogP contribution in [0.1, 0.15) is 51.0 Å². The van der Waals surface area contributed by atoms with Gasteiger partial charge in [0.1, 0.15) is 11.5 Å². The molecule has 5 heteroatoms. The minimum Gasteiger partial charge on any atom is -0.426 e. The first-order valence-corrected chi connectivity index (χ1v) is 10.4. The Morgan fingerprint density at radius 2 is 1.28 bits per heavy atom. The molecule has 29 heavy (non-hydrogen) atoms. The number of rotatable bonds is 7. The molecule has 0 aliphatic heterocycles. The molecule has 0 bridgehead atoms. The quantitative estimate of drug-likeness (QED) is 0.409. The number of nitrogens with two attached hydrogens (primary N) is 1. The van der Waals surface area contributed by atoms with E-state index >= 15 is 0 Å². The number of anilines is 1. The zero-order valence-corrected chi connectivity index (χ0v) is 16.9. The van der Waals surface area contributed by atoms with Gasteiger partial charge in [-0.05, 0) is 80.5 Å². The Morgan fingerprint density at radius 1 is 0.828 bits per heavy atom. The van der Waals surface area contributed by atoms with Gasteiger partial charge in [0.25, 0.3) is 0 Å². The summed E-state index contributed by atoms with van der Waals surface area (Å²) >= 11 is 0. The summed E-state index contributed by atoms with van der Waals surface area (Å²) in [6.07, 6.45) is 5.88. The van der Waals surface area contributed by atoms with E-state index < -0.39 is 0 Å². The number of ether oxygens (including phenoxy) is 2. The maximum Gasteiger partial charge on any atom is 0.314 e. The van der Waals surface area contributed by atoms with E-state index in [1.165, 1.54) is 5.56 Å². The molecular formula is C24H29NO4. The molecule has 0 radical (unpaired) electrons. The molecule has 0 atom stereocenters. The minimum absolute atomic E-state index is 0.171. The number of nitrogen functional groups attached to an aromatic ring is 1. The first-order valence-electron chi connectivity index (χ1n) is 10.4. The van der Waals surface area contributed by atoms with Gasteiger partial charge in [0.05, 0.1) is 11.8 Å². The van der Waals surface area contributed by atoms with Crippen molar-refractivity contribution in [2.45, 2.75) is 51.9 Å². The summed E-state index contributed by atoms with van der Waals surface area (Å²) in [4.78, 5) is 24.8. The summed E-state index contributed by atoms with van der Waals surface area (Å²) in [5.41, 5.74) is 7.52. The Bertz CT molecular complexity index is 806. The number of hydrogen-bond donors (Lipinski definition) is 1. The Labute approximate surface area is 172 Å². The molecule has 0 aromatic heterocycles. The summed E-state index contributed by atoms with van der Waals surface area (Å²) in [6.45, 7) is 2.17. The molecular weight excluding hydrogens is 366 g/mol. The highest BCUT2D eigenvalue weighted by Gasteiger charge is 2.32. The third-order valence-corrected chi connectivity index (χ3v) is 5.45. The van der Waals surface area contributed by atoms with Crippen LogP contribution in [0.5, 0.6) is 11.5 Å². The molecule has 0 unspecified atom stereocenters. The lowest BCUT2D eigenvalue weighted by atomic mass is 9.82. The second kappa shape index (κ2) is 10.1. The highest BCUT2D eigenvalue weighted by atomic mass is 16.5. The van der Waals surface area contributed by atoms with Crippen molar-refractivity contribution >= 4 is 17.6 Å². The van der Waals surface area contributed by atoms with Gasteiger partial charge < -0.3 is 15.2 Å². The van der Waals surface area contributed by atoms with E-state index in [0.29, 0.717) is 42.9 Å². The van der Waals surface area contributed by atoms with Crippen LogP contribution in [0.2, 0.25) is 0 Å². The topological polar surface area (TPSA) is 78.6 Å². The number of hydrogen-bond acceptors (Lipinski definition) is 5.